The highest BCUT2D eigenvalue weighted by atomic mass is 35.5. The first-order valence-electron chi connectivity index (χ1n) is 4.35. The molecule has 0 aromatic heterocycles. The average molecular weight is 229 g/mol. The normalized spacial score (nSPS) is 17.4. The Morgan fingerprint density at radius 1 is 1.21 bits per heavy atom. The Morgan fingerprint density at radius 3 is 2.64 bits per heavy atom. The molecule has 1 aliphatic heterocycles. The second kappa shape index (κ2) is 3.18. The minimum atomic E-state index is -0.301. The second-order valence-corrected chi connectivity index (χ2v) is 4.69. The van der Waals surface area contributed by atoms with E-state index < -0.39 is 0 Å². The van der Waals surface area contributed by atoms with Crippen LogP contribution in [0.1, 0.15) is 19.4 Å². The fourth-order valence-electron chi connectivity index (χ4n) is 1.40. The van der Waals surface area contributed by atoms with Crippen molar-refractivity contribution < 1.29 is 4.74 Å². The van der Waals surface area contributed by atoms with Gasteiger partial charge >= 0.3 is 0 Å². The molecule has 0 radical (unpaired) electrons. The van der Waals surface area contributed by atoms with Gasteiger partial charge in [-0.1, -0.05) is 29.3 Å². The van der Waals surface area contributed by atoms with Crippen LogP contribution in [0, 0.1) is 0 Å². The molecule has 0 saturated heterocycles. The third kappa shape index (κ3) is 1.75. The zero-order chi connectivity index (χ0) is 10.3. The summed E-state index contributed by atoms with van der Waals surface area (Å²) in [6.45, 7) is 3.97. The van der Waals surface area contributed by atoms with Crippen molar-refractivity contribution in [3.63, 3.8) is 0 Å². The van der Waals surface area contributed by atoms with Gasteiger partial charge in [0.05, 0.1) is 5.02 Å². The number of ether oxygens (including phenoxy) is 1. The Labute approximate surface area is 93.3 Å². The highest BCUT2D eigenvalue weighted by Crippen LogP contribution is 2.38. The lowest BCUT2D eigenvalue weighted by atomic mass is 10.0. The smallest absolute Gasteiger partial charge is 0.146 e. The molecule has 0 fully saturated rings. The first-order chi connectivity index (χ1) is 6.48. The van der Waals surface area contributed by atoms with Gasteiger partial charge in [-0.2, -0.15) is 0 Å². The zero-order valence-electron chi connectivity index (χ0n) is 7.97. The van der Waals surface area contributed by atoms with Crippen LogP contribution >= 0.6 is 23.2 Å². The number of hydrogen-bond donors (Lipinski definition) is 0. The van der Waals surface area contributed by atoms with E-state index >= 15 is 0 Å². The first kappa shape index (κ1) is 9.88. The van der Waals surface area contributed by atoms with Gasteiger partial charge in [0.2, 0.25) is 0 Å². The van der Waals surface area contributed by atoms with Crippen molar-refractivity contribution in [2.24, 2.45) is 0 Å². The van der Waals surface area contributed by atoms with Gasteiger partial charge in [0.1, 0.15) is 11.4 Å². The summed E-state index contributed by atoms with van der Waals surface area (Å²) in [5, 5.41) is 1.19. The summed E-state index contributed by atoms with van der Waals surface area (Å²) < 4.78 is 5.73. The molecule has 1 nitrogen and oxygen atoms in total. The molecule has 1 aromatic carbocycles. The van der Waals surface area contributed by atoms with Crippen LogP contribution < -0.4 is 4.74 Å². The maximum atomic E-state index is 6.03. The number of halogens is 2. The van der Waals surface area contributed by atoms with Crippen LogP contribution in [0.3, 0.4) is 0 Å². The largest absolute Gasteiger partial charge is 0.482 e. The molecule has 0 N–H and O–H groups in total. The van der Waals surface area contributed by atoms with Gasteiger partial charge < -0.3 is 4.74 Å². The number of hydrogen-bond acceptors (Lipinski definition) is 1. The first-order valence-corrected chi connectivity index (χ1v) is 5.11. The molecule has 0 spiro atoms. The highest BCUT2D eigenvalue weighted by molar-refractivity contribution is 6.36. The standard InChI is InChI=1S/C11H10Cl2O/c1-11(2)4-3-7-5-8(12)6-9(13)10(7)14-11/h3-6H,1-2H3. The Morgan fingerprint density at radius 2 is 1.93 bits per heavy atom. The van der Waals surface area contributed by atoms with E-state index in [9.17, 15) is 0 Å². The van der Waals surface area contributed by atoms with Crippen LogP contribution in [0.5, 0.6) is 5.75 Å². The molecule has 0 atom stereocenters. The topological polar surface area (TPSA) is 9.23 Å². The average Bonchev–Trinajstić information content (AvgIpc) is 2.06. The monoisotopic (exact) mass is 228 g/mol. The van der Waals surface area contributed by atoms with Crippen LogP contribution in [0.25, 0.3) is 6.08 Å². The molecular weight excluding hydrogens is 219 g/mol. The van der Waals surface area contributed by atoms with Crippen molar-refractivity contribution in [2.75, 3.05) is 0 Å². The summed E-state index contributed by atoms with van der Waals surface area (Å²) in [7, 11) is 0. The van der Waals surface area contributed by atoms with E-state index in [4.69, 9.17) is 27.9 Å². The van der Waals surface area contributed by atoms with Crippen molar-refractivity contribution in [3.8, 4) is 5.75 Å². The van der Waals surface area contributed by atoms with Crippen molar-refractivity contribution in [2.45, 2.75) is 19.4 Å². The van der Waals surface area contributed by atoms with E-state index in [2.05, 4.69) is 0 Å². The zero-order valence-corrected chi connectivity index (χ0v) is 9.49. The number of benzene rings is 1. The lowest BCUT2D eigenvalue weighted by molar-refractivity contribution is 0.159. The van der Waals surface area contributed by atoms with Gasteiger partial charge in [0.15, 0.2) is 0 Å². The van der Waals surface area contributed by atoms with Crippen LogP contribution in [-0.4, -0.2) is 5.60 Å². The summed E-state index contributed by atoms with van der Waals surface area (Å²) >= 11 is 11.9. The van der Waals surface area contributed by atoms with Crippen LogP contribution in [0.15, 0.2) is 18.2 Å². The summed E-state index contributed by atoms with van der Waals surface area (Å²) in [5.41, 5.74) is 0.631. The summed E-state index contributed by atoms with van der Waals surface area (Å²) in [6.07, 6.45) is 3.97. The molecule has 14 heavy (non-hydrogen) atoms. The van der Waals surface area contributed by atoms with Gasteiger partial charge in [0, 0.05) is 10.6 Å². The van der Waals surface area contributed by atoms with Crippen molar-refractivity contribution in [1.82, 2.24) is 0 Å². The van der Waals surface area contributed by atoms with Gasteiger partial charge in [-0.3, -0.25) is 0 Å². The molecule has 74 valence electrons. The van der Waals surface area contributed by atoms with E-state index in [0.717, 1.165) is 5.56 Å². The Hall–Kier alpha value is -0.660. The predicted octanol–water partition coefficient (Wildman–Crippen LogP) is 4.18. The summed E-state index contributed by atoms with van der Waals surface area (Å²) in [4.78, 5) is 0. The number of fused-ring (bicyclic) bond motifs is 1. The molecule has 0 saturated carbocycles. The molecule has 0 aliphatic carbocycles. The summed E-state index contributed by atoms with van der Waals surface area (Å²) in [5.74, 6) is 0.712. The second-order valence-electron chi connectivity index (χ2n) is 3.84. The molecule has 2 rings (SSSR count). The lowest BCUT2D eigenvalue weighted by Gasteiger charge is -2.28. The molecule has 0 unspecified atom stereocenters. The molecule has 0 bridgehead atoms. The van der Waals surface area contributed by atoms with E-state index in [0.29, 0.717) is 15.8 Å². The van der Waals surface area contributed by atoms with Crippen molar-refractivity contribution in [3.05, 3.63) is 33.8 Å². The number of rotatable bonds is 0. The fraction of sp³-hybridized carbons (Fsp3) is 0.273. The van der Waals surface area contributed by atoms with Crippen molar-refractivity contribution >= 4 is 29.3 Å². The molecule has 1 heterocycles. The van der Waals surface area contributed by atoms with Gasteiger partial charge in [-0.15, -0.1) is 0 Å². The third-order valence-corrected chi connectivity index (χ3v) is 2.57. The fourth-order valence-corrected chi connectivity index (χ4v) is 1.95. The van der Waals surface area contributed by atoms with Crippen LogP contribution in [0.2, 0.25) is 10.0 Å². The third-order valence-electron chi connectivity index (χ3n) is 2.07. The maximum absolute atomic E-state index is 6.03. The maximum Gasteiger partial charge on any atom is 0.146 e. The van der Waals surface area contributed by atoms with E-state index in [-0.39, 0.29) is 5.60 Å². The van der Waals surface area contributed by atoms with E-state index in [1.54, 1.807) is 6.07 Å². The molecule has 3 heteroatoms. The molecular formula is C11H10Cl2O. The highest BCUT2D eigenvalue weighted by Gasteiger charge is 2.23. The molecule has 1 aromatic rings. The van der Waals surface area contributed by atoms with Crippen LogP contribution in [-0.2, 0) is 0 Å². The van der Waals surface area contributed by atoms with Crippen LogP contribution in [0.4, 0.5) is 0 Å². The van der Waals surface area contributed by atoms with Crippen molar-refractivity contribution in [1.29, 1.82) is 0 Å². The van der Waals surface area contributed by atoms with Gasteiger partial charge in [-0.25, -0.2) is 0 Å². The lowest BCUT2D eigenvalue weighted by Crippen LogP contribution is -2.27. The molecule has 1 aliphatic rings. The quantitative estimate of drug-likeness (QED) is 0.648. The Balaban J connectivity index is 2.56. The van der Waals surface area contributed by atoms with E-state index in [1.165, 1.54) is 0 Å². The minimum absolute atomic E-state index is 0.301. The van der Waals surface area contributed by atoms with E-state index in [1.807, 2.05) is 32.1 Å². The minimum Gasteiger partial charge on any atom is -0.482 e. The summed E-state index contributed by atoms with van der Waals surface area (Å²) in [6, 6.07) is 3.53. The predicted molar refractivity (Wildman–Crippen MR) is 60.2 cm³/mol. The Bertz CT molecular complexity index is 408. The Kier molecular flexibility index (Phi) is 2.24. The SMILES string of the molecule is CC1(C)C=Cc2cc(Cl)cc(Cl)c2O1. The van der Waals surface area contributed by atoms with Gasteiger partial charge in [0.25, 0.3) is 0 Å². The van der Waals surface area contributed by atoms with Gasteiger partial charge in [-0.05, 0) is 32.1 Å². The molecule has 0 amide bonds.